The van der Waals surface area contributed by atoms with E-state index in [4.69, 9.17) is 4.42 Å². The molecule has 0 saturated heterocycles. The lowest BCUT2D eigenvalue weighted by Crippen LogP contribution is -3.00. The maximum Gasteiger partial charge on any atom is 0.149 e. The molecule has 0 fully saturated rings. The van der Waals surface area contributed by atoms with Crippen molar-refractivity contribution < 1.29 is 16.8 Å². The van der Waals surface area contributed by atoms with E-state index in [-0.39, 0.29) is 12.4 Å². The van der Waals surface area contributed by atoms with E-state index < -0.39 is 7.26 Å². The Kier molecular flexibility index (Phi) is 6.62. The highest BCUT2D eigenvalue weighted by Gasteiger charge is 2.46. The molecule has 1 aromatic heterocycles. The lowest BCUT2D eigenvalue weighted by atomic mass is 10.2. The molecule has 0 bridgehead atoms. The van der Waals surface area contributed by atoms with E-state index in [1.165, 1.54) is 21.3 Å². The summed E-state index contributed by atoms with van der Waals surface area (Å²) in [6, 6.07) is 39.2. The Morgan fingerprint density at radius 1 is 0.645 bits per heavy atom. The molecule has 31 heavy (non-hydrogen) atoms. The number of hydrogen-bond acceptors (Lipinski definition) is 1. The van der Waals surface area contributed by atoms with Crippen LogP contribution in [0.25, 0.3) is 10.8 Å². The average molecular weight is 508 g/mol. The molecule has 0 amide bonds. The average Bonchev–Trinajstić information content (AvgIpc) is 3.20. The van der Waals surface area contributed by atoms with Gasteiger partial charge in [-0.3, -0.25) is 0 Å². The summed E-state index contributed by atoms with van der Waals surface area (Å²) in [4.78, 5) is 0. The van der Waals surface area contributed by atoms with Gasteiger partial charge >= 0.3 is 0 Å². The van der Waals surface area contributed by atoms with Crippen LogP contribution in [0.1, 0.15) is 5.76 Å². The molecule has 0 saturated carbocycles. The fourth-order valence-electron chi connectivity index (χ4n) is 4.19. The van der Waals surface area contributed by atoms with Crippen LogP contribution in [0.15, 0.2) is 124 Å². The number of hydrogen-bond donors (Lipinski definition) is 0. The fraction of sp³-hybridized carbons (Fsp3) is 0.0370. The van der Waals surface area contributed by atoms with Gasteiger partial charge in [0.15, 0.2) is 0 Å². The quantitative estimate of drug-likeness (QED) is 0.331. The molecule has 0 spiro atoms. The lowest BCUT2D eigenvalue weighted by Gasteiger charge is -2.27. The molecule has 154 valence electrons. The van der Waals surface area contributed by atoms with E-state index in [0.29, 0.717) is 0 Å². The van der Waals surface area contributed by atoms with Crippen molar-refractivity contribution in [3.63, 3.8) is 0 Å². The van der Waals surface area contributed by atoms with Crippen molar-refractivity contribution in [3.8, 4) is 0 Å². The predicted molar refractivity (Wildman–Crippen MR) is 133 cm³/mol. The largest absolute Gasteiger partial charge is 1.00 e. The van der Waals surface area contributed by atoms with E-state index in [1.807, 2.05) is 6.26 Å². The summed E-state index contributed by atoms with van der Waals surface area (Å²) in [5.41, 5.74) is 0. The van der Waals surface area contributed by atoms with Crippen LogP contribution in [-0.4, -0.2) is 0 Å². The zero-order valence-corrected chi connectivity index (χ0v) is 20.0. The van der Waals surface area contributed by atoms with E-state index >= 15 is 0 Å². The summed E-state index contributed by atoms with van der Waals surface area (Å²) in [5.74, 6) is 1.04. The smallest absolute Gasteiger partial charge is 0.149 e. The SMILES string of the molecule is Brc1ccc2c(C[P+](c3ccccc3)(c3ccccc3)c3ccccc3)occ2c1.[Cl-]. The third kappa shape index (κ3) is 4.08. The molecule has 5 rings (SSSR count). The van der Waals surface area contributed by atoms with E-state index in [2.05, 4.69) is 125 Å². The first-order chi connectivity index (χ1) is 14.8. The van der Waals surface area contributed by atoms with Gasteiger partial charge in [0.25, 0.3) is 0 Å². The van der Waals surface area contributed by atoms with Gasteiger partial charge < -0.3 is 16.8 Å². The molecular formula is C27H21BrClOP. The monoisotopic (exact) mass is 506 g/mol. The van der Waals surface area contributed by atoms with Crippen molar-refractivity contribution in [1.29, 1.82) is 0 Å². The molecule has 0 N–H and O–H groups in total. The van der Waals surface area contributed by atoms with Crippen LogP contribution in [0.5, 0.6) is 0 Å². The summed E-state index contributed by atoms with van der Waals surface area (Å²) in [6.45, 7) is 0. The maximum atomic E-state index is 6.20. The standard InChI is InChI=1S/C27H21BrOP.ClH/c28-22-16-17-26-21(18-22)19-29-27(26)20-30(23-10-4-1-5-11-23,24-12-6-2-7-13-24)25-14-8-3-9-15-25;/h1-19H,20H2;1H/q+1;/p-1. The second-order valence-electron chi connectivity index (χ2n) is 7.36. The Morgan fingerprint density at radius 3 is 1.61 bits per heavy atom. The van der Waals surface area contributed by atoms with Crippen molar-refractivity contribution in [1.82, 2.24) is 0 Å². The van der Waals surface area contributed by atoms with Gasteiger partial charge in [0, 0.05) is 15.2 Å². The Balaban J connectivity index is 0.00000231. The highest BCUT2D eigenvalue weighted by atomic mass is 79.9. The molecule has 0 unspecified atom stereocenters. The van der Waals surface area contributed by atoms with Crippen LogP contribution in [0, 0.1) is 0 Å². The normalized spacial score (nSPS) is 11.3. The summed E-state index contributed by atoms with van der Waals surface area (Å²) >= 11 is 3.58. The summed E-state index contributed by atoms with van der Waals surface area (Å²) in [7, 11) is -1.96. The molecule has 0 radical (unpaired) electrons. The van der Waals surface area contributed by atoms with Crippen molar-refractivity contribution in [3.05, 3.63) is 126 Å². The number of furan rings is 1. The second kappa shape index (κ2) is 9.40. The Hall–Kier alpha value is -2.38. The van der Waals surface area contributed by atoms with Gasteiger partial charge in [-0.05, 0) is 54.6 Å². The molecule has 1 nitrogen and oxygen atoms in total. The summed E-state index contributed by atoms with van der Waals surface area (Å²) < 4.78 is 7.26. The van der Waals surface area contributed by atoms with Crippen molar-refractivity contribution in [2.45, 2.75) is 6.16 Å². The molecule has 1 heterocycles. The first-order valence-electron chi connectivity index (χ1n) is 9.98. The van der Waals surface area contributed by atoms with Crippen molar-refractivity contribution in [2.75, 3.05) is 0 Å². The molecule has 5 aromatic rings. The number of benzene rings is 4. The number of halogens is 2. The van der Waals surface area contributed by atoms with Gasteiger partial charge in [0.1, 0.15) is 35.1 Å². The van der Waals surface area contributed by atoms with Crippen LogP contribution in [0.3, 0.4) is 0 Å². The van der Waals surface area contributed by atoms with Gasteiger partial charge in [-0.15, -0.1) is 0 Å². The van der Waals surface area contributed by atoms with Gasteiger partial charge in [0.05, 0.1) is 6.26 Å². The van der Waals surface area contributed by atoms with E-state index in [1.54, 1.807) is 0 Å². The highest BCUT2D eigenvalue weighted by Crippen LogP contribution is 2.58. The van der Waals surface area contributed by atoms with Crippen molar-refractivity contribution in [2.24, 2.45) is 0 Å². The summed E-state index contributed by atoms with van der Waals surface area (Å²) in [5, 5.41) is 6.41. The van der Waals surface area contributed by atoms with Crippen LogP contribution in [0.2, 0.25) is 0 Å². The molecule has 4 aromatic carbocycles. The third-order valence-corrected chi connectivity index (χ3v) is 10.4. The van der Waals surface area contributed by atoms with Gasteiger partial charge in [-0.2, -0.15) is 0 Å². The minimum absolute atomic E-state index is 0. The zero-order valence-electron chi connectivity index (χ0n) is 16.8. The first kappa shape index (κ1) is 21.8. The fourth-order valence-corrected chi connectivity index (χ4v) is 8.73. The number of fused-ring (bicyclic) bond motifs is 1. The first-order valence-corrected chi connectivity index (χ1v) is 12.7. The minimum Gasteiger partial charge on any atom is -1.00 e. The van der Waals surface area contributed by atoms with Gasteiger partial charge in [0.2, 0.25) is 0 Å². The molecule has 0 aliphatic carbocycles. The van der Waals surface area contributed by atoms with Gasteiger partial charge in [-0.25, -0.2) is 0 Å². The topological polar surface area (TPSA) is 13.1 Å². The van der Waals surface area contributed by atoms with Gasteiger partial charge in [-0.1, -0.05) is 70.5 Å². The second-order valence-corrected chi connectivity index (χ2v) is 11.8. The molecule has 4 heteroatoms. The zero-order chi connectivity index (χ0) is 20.4. The Morgan fingerprint density at radius 2 is 1.13 bits per heavy atom. The van der Waals surface area contributed by atoms with E-state index in [9.17, 15) is 0 Å². The lowest BCUT2D eigenvalue weighted by molar-refractivity contribution is -0.00000610. The Bertz CT molecular complexity index is 1170. The molecule has 0 aliphatic rings. The van der Waals surface area contributed by atoms with E-state index in [0.717, 1.165) is 21.8 Å². The summed E-state index contributed by atoms with van der Waals surface area (Å²) in [6.07, 6.45) is 2.72. The van der Waals surface area contributed by atoms with Crippen LogP contribution < -0.4 is 28.3 Å². The molecule has 0 aliphatic heterocycles. The molecular weight excluding hydrogens is 487 g/mol. The minimum atomic E-state index is -1.96. The predicted octanol–water partition coefficient (Wildman–Crippen LogP) is 3.69. The Labute approximate surface area is 198 Å². The van der Waals surface area contributed by atoms with Crippen molar-refractivity contribution >= 4 is 49.9 Å². The molecule has 0 atom stereocenters. The maximum absolute atomic E-state index is 6.20. The van der Waals surface area contributed by atoms with Crippen LogP contribution >= 0.6 is 23.2 Å². The third-order valence-electron chi connectivity index (χ3n) is 5.61. The van der Waals surface area contributed by atoms with Crippen LogP contribution in [0.4, 0.5) is 0 Å². The number of rotatable bonds is 5. The highest BCUT2D eigenvalue weighted by molar-refractivity contribution is 9.10. The van der Waals surface area contributed by atoms with Crippen LogP contribution in [-0.2, 0) is 6.16 Å².